The van der Waals surface area contributed by atoms with E-state index in [9.17, 15) is 9.59 Å². The number of nitrogens with zero attached hydrogens (tertiary/aromatic N) is 1. The van der Waals surface area contributed by atoms with Gasteiger partial charge < -0.3 is 14.4 Å². The van der Waals surface area contributed by atoms with Gasteiger partial charge in [-0.25, -0.2) is 4.79 Å². The molecule has 0 bridgehead atoms. The normalized spacial score (nSPS) is 21.9. The van der Waals surface area contributed by atoms with E-state index in [1.165, 1.54) is 13.2 Å². The topological polar surface area (TPSA) is 55.8 Å². The molecule has 120 valence electrons. The number of piperidine rings is 1. The van der Waals surface area contributed by atoms with Gasteiger partial charge in [-0.2, -0.15) is 0 Å². The van der Waals surface area contributed by atoms with Crippen molar-refractivity contribution in [2.24, 2.45) is 0 Å². The summed E-state index contributed by atoms with van der Waals surface area (Å²) >= 11 is 0. The molecule has 1 heterocycles. The average Bonchev–Trinajstić information content (AvgIpc) is 2.23. The fraction of sp³-hybridized carbons (Fsp3) is 0.750. The van der Waals surface area contributed by atoms with Crippen molar-refractivity contribution < 1.29 is 19.1 Å². The first-order valence-corrected chi connectivity index (χ1v) is 7.23. The molecule has 0 unspecified atom stereocenters. The summed E-state index contributed by atoms with van der Waals surface area (Å²) in [5.74, 6) is 0.187. The SMILES string of the molecule is COC(=O)/C=C(/C)OC1CC(C)(C)N(C(C)=O)C(C)(C)C1. The molecule has 0 aromatic carbocycles. The number of amides is 1. The van der Waals surface area contributed by atoms with Gasteiger partial charge in [0.2, 0.25) is 5.91 Å². The Hall–Kier alpha value is -1.52. The van der Waals surface area contributed by atoms with E-state index in [0.717, 1.165) is 12.8 Å². The van der Waals surface area contributed by atoms with Crippen molar-refractivity contribution in [2.45, 2.75) is 71.6 Å². The van der Waals surface area contributed by atoms with Crippen molar-refractivity contribution in [3.63, 3.8) is 0 Å². The number of hydrogen-bond acceptors (Lipinski definition) is 4. The number of ether oxygens (including phenoxy) is 2. The van der Waals surface area contributed by atoms with Crippen LogP contribution >= 0.6 is 0 Å². The van der Waals surface area contributed by atoms with E-state index in [4.69, 9.17) is 4.74 Å². The van der Waals surface area contributed by atoms with Gasteiger partial charge in [0.1, 0.15) is 11.9 Å². The molecular formula is C16H27NO4. The van der Waals surface area contributed by atoms with Crippen LogP contribution in [0, 0.1) is 0 Å². The Kier molecular flexibility index (Phi) is 5.07. The number of likely N-dealkylation sites (tertiary alicyclic amines) is 1. The Labute approximate surface area is 127 Å². The first-order chi connectivity index (χ1) is 9.49. The van der Waals surface area contributed by atoms with Crippen LogP contribution in [0.2, 0.25) is 0 Å². The van der Waals surface area contributed by atoms with E-state index in [1.807, 2.05) is 32.6 Å². The molecule has 1 aliphatic rings. The maximum absolute atomic E-state index is 12.0. The predicted octanol–water partition coefficient (Wildman–Crippen LogP) is 2.65. The summed E-state index contributed by atoms with van der Waals surface area (Å²) in [5.41, 5.74) is -0.576. The summed E-state index contributed by atoms with van der Waals surface area (Å²) in [4.78, 5) is 25.1. The maximum atomic E-state index is 12.0. The monoisotopic (exact) mass is 297 g/mol. The molecule has 5 nitrogen and oxygen atoms in total. The number of methoxy groups -OCH3 is 1. The average molecular weight is 297 g/mol. The molecule has 1 amide bonds. The Morgan fingerprint density at radius 3 is 1.95 bits per heavy atom. The summed E-state index contributed by atoms with van der Waals surface area (Å²) in [5, 5.41) is 0. The summed E-state index contributed by atoms with van der Waals surface area (Å²) in [6.45, 7) is 11.5. The molecule has 1 fully saturated rings. The van der Waals surface area contributed by atoms with E-state index in [0.29, 0.717) is 5.76 Å². The van der Waals surface area contributed by atoms with Gasteiger partial charge in [0, 0.05) is 30.8 Å². The predicted molar refractivity (Wildman–Crippen MR) is 80.6 cm³/mol. The Morgan fingerprint density at radius 1 is 1.10 bits per heavy atom. The fourth-order valence-corrected chi connectivity index (χ4v) is 3.65. The van der Waals surface area contributed by atoms with Gasteiger partial charge >= 0.3 is 5.97 Å². The number of hydrogen-bond donors (Lipinski definition) is 0. The molecule has 0 radical (unpaired) electrons. The van der Waals surface area contributed by atoms with Gasteiger partial charge in [0.05, 0.1) is 13.2 Å². The highest BCUT2D eigenvalue weighted by atomic mass is 16.5. The minimum Gasteiger partial charge on any atom is -0.495 e. The molecule has 1 saturated heterocycles. The van der Waals surface area contributed by atoms with Crippen molar-refractivity contribution in [2.75, 3.05) is 7.11 Å². The Balaban J connectivity index is 2.89. The van der Waals surface area contributed by atoms with Crippen LogP contribution < -0.4 is 0 Å². The molecule has 1 rings (SSSR count). The van der Waals surface area contributed by atoms with E-state index >= 15 is 0 Å². The van der Waals surface area contributed by atoms with E-state index in [2.05, 4.69) is 4.74 Å². The fourth-order valence-electron chi connectivity index (χ4n) is 3.65. The van der Waals surface area contributed by atoms with Crippen LogP contribution in [0.1, 0.15) is 54.4 Å². The van der Waals surface area contributed by atoms with Gasteiger partial charge in [0.15, 0.2) is 0 Å². The summed E-state index contributed by atoms with van der Waals surface area (Å²) in [6.07, 6.45) is 2.76. The number of allylic oxidation sites excluding steroid dienone is 1. The third-order valence-electron chi connectivity index (χ3n) is 3.85. The molecule has 1 aliphatic heterocycles. The lowest BCUT2D eigenvalue weighted by Crippen LogP contribution is -2.63. The van der Waals surface area contributed by atoms with Crippen molar-refractivity contribution in [3.8, 4) is 0 Å². The summed E-state index contributed by atoms with van der Waals surface area (Å²) in [6, 6.07) is 0. The molecular weight excluding hydrogens is 270 g/mol. The van der Waals surface area contributed by atoms with Crippen molar-refractivity contribution >= 4 is 11.9 Å². The van der Waals surface area contributed by atoms with Gasteiger partial charge in [-0.05, 0) is 34.6 Å². The van der Waals surface area contributed by atoms with Crippen LogP contribution in [-0.2, 0) is 19.1 Å². The second-order valence-corrected chi connectivity index (χ2v) is 6.91. The van der Waals surface area contributed by atoms with E-state index < -0.39 is 5.97 Å². The molecule has 0 aromatic heterocycles. The Morgan fingerprint density at radius 2 is 1.57 bits per heavy atom. The maximum Gasteiger partial charge on any atom is 0.333 e. The minimum atomic E-state index is -0.424. The standard InChI is InChI=1S/C16H27NO4/c1-11(8-14(19)20-7)21-13-9-15(3,4)17(12(2)18)16(5,6)10-13/h8,13H,9-10H2,1-7H3/b11-8-. The quantitative estimate of drug-likeness (QED) is 0.456. The third-order valence-corrected chi connectivity index (χ3v) is 3.85. The first-order valence-electron chi connectivity index (χ1n) is 7.23. The highest BCUT2D eigenvalue weighted by Crippen LogP contribution is 2.40. The van der Waals surface area contributed by atoms with Crippen LogP contribution in [0.3, 0.4) is 0 Å². The summed E-state index contributed by atoms with van der Waals surface area (Å²) < 4.78 is 10.5. The molecule has 21 heavy (non-hydrogen) atoms. The number of esters is 1. The number of carbonyl (C=O) groups is 2. The van der Waals surface area contributed by atoms with E-state index in [-0.39, 0.29) is 23.1 Å². The molecule has 0 aliphatic carbocycles. The van der Waals surface area contributed by atoms with Gasteiger partial charge in [-0.3, -0.25) is 4.79 Å². The zero-order valence-electron chi connectivity index (χ0n) is 14.1. The largest absolute Gasteiger partial charge is 0.495 e. The number of carbonyl (C=O) groups excluding carboxylic acids is 2. The van der Waals surface area contributed by atoms with Crippen LogP contribution in [0.5, 0.6) is 0 Å². The first kappa shape index (κ1) is 17.5. The molecule has 0 spiro atoms. The van der Waals surface area contributed by atoms with Gasteiger partial charge in [-0.15, -0.1) is 0 Å². The van der Waals surface area contributed by atoms with Crippen LogP contribution in [-0.4, -0.2) is 41.1 Å². The third kappa shape index (κ3) is 4.22. The lowest BCUT2D eigenvalue weighted by molar-refractivity contribution is -0.153. The van der Waals surface area contributed by atoms with Gasteiger partial charge in [-0.1, -0.05) is 0 Å². The lowest BCUT2D eigenvalue weighted by atomic mass is 9.78. The highest BCUT2D eigenvalue weighted by Gasteiger charge is 2.47. The molecule has 0 aromatic rings. The second-order valence-electron chi connectivity index (χ2n) is 6.91. The van der Waals surface area contributed by atoms with Crippen LogP contribution in [0.15, 0.2) is 11.8 Å². The van der Waals surface area contributed by atoms with Crippen molar-refractivity contribution in [1.29, 1.82) is 0 Å². The molecule has 5 heteroatoms. The molecule has 0 atom stereocenters. The highest BCUT2D eigenvalue weighted by molar-refractivity contribution is 5.82. The zero-order valence-corrected chi connectivity index (χ0v) is 14.1. The summed E-state index contributed by atoms with van der Waals surface area (Å²) in [7, 11) is 1.34. The van der Waals surface area contributed by atoms with Crippen molar-refractivity contribution in [1.82, 2.24) is 4.90 Å². The van der Waals surface area contributed by atoms with Crippen LogP contribution in [0.4, 0.5) is 0 Å². The molecule has 0 saturated carbocycles. The van der Waals surface area contributed by atoms with Crippen molar-refractivity contribution in [3.05, 3.63) is 11.8 Å². The zero-order chi connectivity index (χ0) is 16.4. The van der Waals surface area contributed by atoms with Gasteiger partial charge in [0.25, 0.3) is 0 Å². The Bertz CT molecular complexity index is 433. The smallest absolute Gasteiger partial charge is 0.333 e. The lowest BCUT2D eigenvalue weighted by Gasteiger charge is -2.54. The van der Waals surface area contributed by atoms with E-state index in [1.54, 1.807) is 13.8 Å². The minimum absolute atomic E-state index is 0.0356. The number of rotatable bonds is 3. The van der Waals surface area contributed by atoms with Crippen LogP contribution in [0.25, 0.3) is 0 Å². The molecule has 0 N–H and O–H groups in total. The second kappa shape index (κ2) is 6.08.